The molecule has 0 atom stereocenters. The molecule has 2 heterocycles. The number of thiazole rings is 1. The van der Waals surface area contributed by atoms with Gasteiger partial charge in [0, 0.05) is 0 Å². The molecular formula is C8H10N4OS. The van der Waals surface area contributed by atoms with Crippen LogP contribution in [0.4, 0.5) is 0 Å². The summed E-state index contributed by atoms with van der Waals surface area (Å²) in [5, 5.41) is 7.77. The first-order valence-electron chi connectivity index (χ1n) is 4.19. The molecule has 0 bridgehead atoms. The van der Waals surface area contributed by atoms with E-state index in [9.17, 15) is 0 Å². The van der Waals surface area contributed by atoms with Crippen LogP contribution in [0.2, 0.25) is 0 Å². The Bertz CT molecular complexity index is 422. The second-order valence-electron chi connectivity index (χ2n) is 2.79. The van der Waals surface area contributed by atoms with Crippen LogP contribution in [0.3, 0.4) is 0 Å². The van der Waals surface area contributed by atoms with Gasteiger partial charge >= 0.3 is 0 Å². The summed E-state index contributed by atoms with van der Waals surface area (Å²) in [5.41, 5.74) is 0. The standard InChI is InChI=1S/C8H10N4OS/c1-5-10-3-6(14-5)8-11-7(4-9-2)12-13-8/h3,9H,4H2,1-2H3. The first kappa shape index (κ1) is 9.29. The molecule has 1 N–H and O–H groups in total. The van der Waals surface area contributed by atoms with E-state index in [-0.39, 0.29) is 0 Å². The molecule has 0 radical (unpaired) electrons. The molecule has 74 valence electrons. The van der Waals surface area contributed by atoms with Gasteiger partial charge in [-0.2, -0.15) is 4.98 Å². The summed E-state index contributed by atoms with van der Waals surface area (Å²) in [6, 6.07) is 0. The zero-order valence-corrected chi connectivity index (χ0v) is 8.76. The lowest BCUT2D eigenvalue weighted by Crippen LogP contribution is -2.06. The second kappa shape index (κ2) is 3.85. The van der Waals surface area contributed by atoms with Crippen molar-refractivity contribution in [1.82, 2.24) is 20.4 Å². The lowest BCUT2D eigenvalue weighted by Gasteiger charge is -1.86. The molecule has 6 heteroatoms. The van der Waals surface area contributed by atoms with E-state index in [1.165, 1.54) is 0 Å². The third kappa shape index (κ3) is 1.80. The molecule has 5 nitrogen and oxygen atoms in total. The molecule has 0 aliphatic rings. The van der Waals surface area contributed by atoms with Crippen LogP contribution in [0.15, 0.2) is 10.7 Å². The summed E-state index contributed by atoms with van der Waals surface area (Å²) in [6.45, 7) is 2.56. The minimum Gasteiger partial charge on any atom is -0.333 e. The molecule has 0 saturated carbocycles. The molecule has 0 aromatic carbocycles. The summed E-state index contributed by atoms with van der Waals surface area (Å²) in [4.78, 5) is 9.25. The molecule has 0 aliphatic heterocycles. The van der Waals surface area contributed by atoms with Crippen LogP contribution < -0.4 is 5.32 Å². The predicted molar refractivity (Wildman–Crippen MR) is 52.9 cm³/mol. The van der Waals surface area contributed by atoms with Gasteiger partial charge in [0.1, 0.15) is 4.88 Å². The lowest BCUT2D eigenvalue weighted by molar-refractivity contribution is 0.421. The average molecular weight is 210 g/mol. The van der Waals surface area contributed by atoms with Gasteiger partial charge in [-0.25, -0.2) is 4.98 Å². The molecule has 0 amide bonds. The Morgan fingerprint density at radius 3 is 3.07 bits per heavy atom. The Balaban J connectivity index is 2.24. The van der Waals surface area contributed by atoms with Crippen LogP contribution in [-0.4, -0.2) is 22.2 Å². The SMILES string of the molecule is CNCc1noc(-c2cnc(C)s2)n1. The van der Waals surface area contributed by atoms with Gasteiger partial charge in [-0.3, -0.25) is 0 Å². The van der Waals surface area contributed by atoms with E-state index < -0.39 is 0 Å². The zero-order valence-electron chi connectivity index (χ0n) is 7.94. The Morgan fingerprint density at radius 2 is 2.43 bits per heavy atom. The molecule has 0 aliphatic carbocycles. The second-order valence-corrected chi connectivity index (χ2v) is 4.02. The van der Waals surface area contributed by atoms with Gasteiger partial charge in [-0.05, 0) is 14.0 Å². The van der Waals surface area contributed by atoms with E-state index in [0.717, 1.165) is 9.88 Å². The van der Waals surface area contributed by atoms with E-state index in [2.05, 4.69) is 20.4 Å². The van der Waals surface area contributed by atoms with Crippen LogP contribution in [0, 0.1) is 6.92 Å². The van der Waals surface area contributed by atoms with Crippen molar-refractivity contribution >= 4 is 11.3 Å². The summed E-state index contributed by atoms with van der Waals surface area (Å²) >= 11 is 1.54. The van der Waals surface area contributed by atoms with E-state index in [1.807, 2.05) is 14.0 Å². The largest absolute Gasteiger partial charge is 0.333 e. The van der Waals surface area contributed by atoms with Gasteiger partial charge in [0.05, 0.1) is 17.7 Å². The first-order valence-corrected chi connectivity index (χ1v) is 5.01. The molecule has 0 saturated heterocycles. The van der Waals surface area contributed by atoms with Crippen molar-refractivity contribution in [3.05, 3.63) is 17.0 Å². The number of rotatable bonds is 3. The normalized spacial score (nSPS) is 10.7. The summed E-state index contributed by atoms with van der Waals surface area (Å²) < 4.78 is 5.09. The quantitative estimate of drug-likeness (QED) is 0.825. The molecule has 0 fully saturated rings. The van der Waals surface area contributed by atoms with Crippen molar-refractivity contribution < 1.29 is 4.52 Å². The van der Waals surface area contributed by atoms with Gasteiger partial charge in [-0.1, -0.05) is 5.16 Å². The number of aryl methyl sites for hydroxylation is 1. The van der Waals surface area contributed by atoms with Crippen molar-refractivity contribution in [2.45, 2.75) is 13.5 Å². The van der Waals surface area contributed by atoms with Crippen LogP contribution >= 0.6 is 11.3 Å². The fraction of sp³-hybridized carbons (Fsp3) is 0.375. The molecular weight excluding hydrogens is 200 g/mol. The Labute approximate surface area is 85.2 Å². The number of hydrogen-bond donors (Lipinski definition) is 1. The highest BCUT2D eigenvalue weighted by Crippen LogP contribution is 2.23. The summed E-state index contributed by atoms with van der Waals surface area (Å²) in [6.07, 6.45) is 1.75. The highest BCUT2D eigenvalue weighted by atomic mass is 32.1. The summed E-state index contributed by atoms with van der Waals surface area (Å²) in [5.74, 6) is 1.20. The van der Waals surface area contributed by atoms with Crippen LogP contribution in [-0.2, 0) is 6.54 Å². The Kier molecular flexibility index (Phi) is 2.55. The molecule has 0 unspecified atom stereocenters. The fourth-order valence-corrected chi connectivity index (χ4v) is 1.74. The minimum atomic E-state index is 0.542. The smallest absolute Gasteiger partial charge is 0.269 e. The van der Waals surface area contributed by atoms with Crippen molar-refractivity contribution in [2.24, 2.45) is 0 Å². The van der Waals surface area contributed by atoms with Crippen LogP contribution in [0.5, 0.6) is 0 Å². The maximum atomic E-state index is 5.09. The number of nitrogens with one attached hydrogen (secondary N) is 1. The highest BCUT2D eigenvalue weighted by Gasteiger charge is 2.10. The molecule has 0 spiro atoms. The van der Waals surface area contributed by atoms with Crippen molar-refractivity contribution in [2.75, 3.05) is 7.05 Å². The zero-order chi connectivity index (χ0) is 9.97. The maximum absolute atomic E-state index is 5.09. The molecule has 2 aromatic rings. The predicted octanol–water partition coefficient (Wildman–Crippen LogP) is 1.22. The monoisotopic (exact) mass is 210 g/mol. The van der Waals surface area contributed by atoms with E-state index in [4.69, 9.17) is 4.52 Å². The van der Waals surface area contributed by atoms with E-state index in [0.29, 0.717) is 18.3 Å². The fourth-order valence-electron chi connectivity index (χ4n) is 1.04. The number of aromatic nitrogens is 3. The van der Waals surface area contributed by atoms with Crippen LogP contribution in [0.25, 0.3) is 10.8 Å². The van der Waals surface area contributed by atoms with Crippen molar-refractivity contribution in [3.8, 4) is 10.8 Å². The van der Waals surface area contributed by atoms with Gasteiger partial charge in [0.2, 0.25) is 0 Å². The molecule has 14 heavy (non-hydrogen) atoms. The number of nitrogens with zero attached hydrogens (tertiary/aromatic N) is 3. The molecule has 2 rings (SSSR count). The third-order valence-electron chi connectivity index (χ3n) is 1.64. The number of hydrogen-bond acceptors (Lipinski definition) is 6. The van der Waals surface area contributed by atoms with Crippen LogP contribution in [0.1, 0.15) is 10.8 Å². The minimum absolute atomic E-state index is 0.542. The van der Waals surface area contributed by atoms with Gasteiger partial charge in [0.15, 0.2) is 5.82 Å². The van der Waals surface area contributed by atoms with Crippen molar-refractivity contribution in [1.29, 1.82) is 0 Å². The average Bonchev–Trinajstić information content (AvgIpc) is 2.74. The van der Waals surface area contributed by atoms with E-state index >= 15 is 0 Å². The van der Waals surface area contributed by atoms with Gasteiger partial charge in [0.25, 0.3) is 5.89 Å². The first-order chi connectivity index (χ1) is 6.79. The Hall–Kier alpha value is -1.27. The third-order valence-corrected chi connectivity index (χ3v) is 2.54. The maximum Gasteiger partial charge on any atom is 0.269 e. The summed E-state index contributed by atoms with van der Waals surface area (Å²) in [7, 11) is 1.84. The topological polar surface area (TPSA) is 63.8 Å². The Morgan fingerprint density at radius 1 is 1.57 bits per heavy atom. The van der Waals surface area contributed by atoms with Crippen molar-refractivity contribution in [3.63, 3.8) is 0 Å². The van der Waals surface area contributed by atoms with Gasteiger partial charge in [-0.15, -0.1) is 11.3 Å². The van der Waals surface area contributed by atoms with E-state index in [1.54, 1.807) is 17.5 Å². The van der Waals surface area contributed by atoms with Gasteiger partial charge < -0.3 is 9.84 Å². The highest BCUT2D eigenvalue weighted by molar-refractivity contribution is 7.14. The molecule has 2 aromatic heterocycles. The lowest BCUT2D eigenvalue weighted by atomic mass is 10.5.